The molecular formula is C15H23. The minimum atomic E-state index is 0.613. The highest BCUT2D eigenvalue weighted by atomic mass is 14.1. The SMILES string of the molecule is C[C](C)c1cc(C(C)C)cc(C(C)C)c1. The van der Waals surface area contributed by atoms with Gasteiger partial charge in [0.1, 0.15) is 0 Å². The van der Waals surface area contributed by atoms with Crippen molar-refractivity contribution >= 4 is 0 Å². The lowest BCUT2D eigenvalue weighted by Gasteiger charge is -2.15. The molecule has 83 valence electrons. The van der Waals surface area contributed by atoms with Crippen molar-refractivity contribution in [2.24, 2.45) is 0 Å². The molecule has 1 rings (SSSR count). The van der Waals surface area contributed by atoms with Crippen molar-refractivity contribution in [2.75, 3.05) is 0 Å². The largest absolute Gasteiger partial charge is 0.0587 e. The molecule has 1 aromatic carbocycles. The van der Waals surface area contributed by atoms with Crippen LogP contribution in [0, 0.1) is 5.92 Å². The van der Waals surface area contributed by atoms with Crippen molar-refractivity contribution in [1.29, 1.82) is 0 Å². The molecule has 0 nitrogen and oxygen atoms in total. The second kappa shape index (κ2) is 4.83. The minimum absolute atomic E-state index is 0.613. The van der Waals surface area contributed by atoms with Gasteiger partial charge in [-0.15, -0.1) is 0 Å². The molecule has 0 bridgehead atoms. The van der Waals surface area contributed by atoms with Crippen LogP contribution in [0.25, 0.3) is 0 Å². The molecule has 0 saturated heterocycles. The lowest BCUT2D eigenvalue weighted by atomic mass is 9.90. The van der Waals surface area contributed by atoms with Crippen molar-refractivity contribution in [3.8, 4) is 0 Å². The van der Waals surface area contributed by atoms with E-state index in [2.05, 4.69) is 59.7 Å². The van der Waals surface area contributed by atoms with Gasteiger partial charge in [0.05, 0.1) is 0 Å². The maximum absolute atomic E-state index is 2.35. The highest BCUT2D eigenvalue weighted by Crippen LogP contribution is 2.26. The van der Waals surface area contributed by atoms with E-state index >= 15 is 0 Å². The summed E-state index contributed by atoms with van der Waals surface area (Å²) in [5.74, 6) is 2.63. The van der Waals surface area contributed by atoms with Crippen molar-refractivity contribution in [3.63, 3.8) is 0 Å². The van der Waals surface area contributed by atoms with Crippen molar-refractivity contribution < 1.29 is 0 Å². The zero-order valence-electron chi connectivity index (χ0n) is 10.9. The Bertz CT molecular complexity index is 254. The molecular weight excluding hydrogens is 180 g/mol. The van der Waals surface area contributed by atoms with Gasteiger partial charge in [0.15, 0.2) is 0 Å². The van der Waals surface area contributed by atoms with Crippen LogP contribution in [0.5, 0.6) is 0 Å². The van der Waals surface area contributed by atoms with Gasteiger partial charge in [-0.05, 0) is 34.4 Å². The predicted octanol–water partition coefficient (Wildman–Crippen LogP) is 4.90. The van der Waals surface area contributed by atoms with Crippen LogP contribution in [0.15, 0.2) is 18.2 Å². The number of rotatable bonds is 3. The number of hydrogen-bond acceptors (Lipinski definition) is 0. The van der Waals surface area contributed by atoms with E-state index in [1.54, 1.807) is 0 Å². The zero-order chi connectivity index (χ0) is 11.6. The average molecular weight is 203 g/mol. The molecule has 0 aliphatic carbocycles. The summed E-state index contributed by atoms with van der Waals surface area (Å²) < 4.78 is 0. The van der Waals surface area contributed by atoms with Crippen LogP contribution in [-0.2, 0) is 0 Å². The van der Waals surface area contributed by atoms with E-state index in [0.29, 0.717) is 11.8 Å². The molecule has 0 fully saturated rings. The fourth-order valence-corrected chi connectivity index (χ4v) is 1.63. The van der Waals surface area contributed by atoms with Gasteiger partial charge < -0.3 is 0 Å². The Morgan fingerprint density at radius 2 is 1.20 bits per heavy atom. The van der Waals surface area contributed by atoms with Crippen LogP contribution in [0.2, 0.25) is 0 Å². The summed E-state index contributed by atoms with van der Waals surface area (Å²) in [4.78, 5) is 0. The van der Waals surface area contributed by atoms with E-state index in [1.165, 1.54) is 22.6 Å². The van der Waals surface area contributed by atoms with Gasteiger partial charge in [-0.3, -0.25) is 0 Å². The van der Waals surface area contributed by atoms with Gasteiger partial charge in [0, 0.05) is 0 Å². The van der Waals surface area contributed by atoms with Crippen LogP contribution in [0.4, 0.5) is 0 Å². The molecule has 1 radical (unpaired) electrons. The lowest BCUT2D eigenvalue weighted by Crippen LogP contribution is -1.98. The summed E-state index contributed by atoms with van der Waals surface area (Å²) in [5.41, 5.74) is 4.31. The van der Waals surface area contributed by atoms with E-state index in [9.17, 15) is 0 Å². The van der Waals surface area contributed by atoms with Gasteiger partial charge in [-0.25, -0.2) is 0 Å². The van der Waals surface area contributed by atoms with Crippen LogP contribution in [-0.4, -0.2) is 0 Å². The molecule has 0 aliphatic heterocycles. The normalized spacial score (nSPS) is 11.8. The fourth-order valence-electron chi connectivity index (χ4n) is 1.63. The molecule has 0 saturated carbocycles. The van der Waals surface area contributed by atoms with Crippen molar-refractivity contribution in [1.82, 2.24) is 0 Å². The quantitative estimate of drug-likeness (QED) is 0.655. The molecule has 0 aliphatic rings. The van der Waals surface area contributed by atoms with E-state index < -0.39 is 0 Å². The first-order valence-electron chi connectivity index (χ1n) is 5.87. The third-order valence-electron chi connectivity index (χ3n) is 2.89. The number of hydrogen-bond donors (Lipinski definition) is 0. The summed E-state index contributed by atoms with van der Waals surface area (Å²) in [5, 5.41) is 0. The molecule has 0 heteroatoms. The topological polar surface area (TPSA) is 0 Å². The van der Waals surface area contributed by atoms with Crippen LogP contribution >= 0.6 is 0 Å². The fraction of sp³-hybridized carbons (Fsp3) is 0.533. The summed E-state index contributed by atoms with van der Waals surface area (Å²) in [6.45, 7) is 13.4. The Kier molecular flexibility index (Phi) is 3.96. The third-order valence-corrected chi connectivity index (χ3v) is 2.89. The maximum atomic E-state index is 2.35. The molecule has 0 heterocycles. The van der Waals surface area contributed by atoms with E-state index in [-0.39, 0.29) is 0 Å². The Morgan fingerprint density at radius 3 is 1.47 bits per heavy atom. The highest BCUT2D eigenvalue weighted by Gasteiger charge is 2.09. The first kappa shape index (κ1) is 12.3. The number of benzene rings is 1. The first-order chi connectivity index (χ1) is 6.91. The van der Waals surface area contributed by atoms with Crippen LogP contribution in [0.1, 0.15) is 70.1 Å². The van der Waals surface area contributed by atoms with Gasteiger partial charge in [0.2, 0.25) is 0 Å². The predicted molar refractivity (Wildman–Crippen MR) is 68.3 cm³/mol. The van der Waals surface area contributed by atoms with Gasteiger partial charge >= 0.3 is 0 Å². The van der Waals surface area contributed by atoms with Crippen LogP contribution < -0.4 is 0 Å². The monoisotopic (exact) mass is 203 g/mol. The summed E-state index contributed by atoms with van der Waals surface area (Å²) in [6.07, 6.45) is 0. The Balaban J connectivity index is 3.20. The second-order valence-corrected chi connectivity index (χ2v) is 5.20. The van der Waals surface area contributed by atoms with Crippen molar-refractivity contribution in [2.45, 2.75) is 53.4 Å². The summed E-state index contributed by atoms with van der Waals surface area (Å²) >= 11 is 0. The Labute approximate surface area is 94.7 Å². The molecule has 15 heavy (non-hydrogen) atoms. The molecule has 0 spiro atoms. The molecule has 1 aromatic rings. The molecule has 0 amide bonds. The minimum Gasteiger partial charge on any atom is -0.0587 e. The van der Waals surface area contributed by atoms with E-state index in [1.807, 2.05) is 0 Å². The maximum Gasteiger partial charge on any atom is -0.00118 e. The molecule has 0 N–H and O–H groups in total. The lowest BCUT2D eigenvalue weighted by molar-refractivity contribution is 0.829. The van der Waals surface area contributed by atoms with Gasteiger partial charge in [0.25, 0.3) is 0 Å². The third kappa shape index (κ3) is 3.09. The molecule has 0 unspecified atom stereocenters. The van der Waals surface area contributed by atoms with Crippen molar-refractivity contribution in [3.05, 3.63) is 40.8 Å². The Hall–Kier alpha value is -0.780. The first-order valence-corrected chi connectivity index (χ1v) is 5.87. The van der Waals surface area contributed by atoms with Crippen LogP contribution in [0.3, 0.4) is 0 Å². The second-order valence-electron chi connectivity index (χ2n) is 5.20. The van der Waals surface area contributed by atoms with Gasteiger partial charge in [-0.1, -0.05) is 59.7 Å². The molecule has 0 atom stereocenters. The smallest absolute Gasteiger partial charge is 0.00118 e. The summed E-state index contributed by atoms with van der Waals surface area (Å²) in [6, 6.07) is 7.00. The summed E-state index contributed by atoms with van der Waals surface area (Å²) in [7, 11) is 0. The Morgan fingerprint density at radius 1 is 0.800 bits per heavy atom. The van der Waals surface area contributed by atoms with E-state index in [0.717, 1.165) is 0 Å². The standard InChI is InChI=1S/C15H23/c1-10(2)13-7-14(11(3)4)9-15(8-13)12(5)6/h7-11H,1-6H3. The van der Waals surface area contributed by atoms with E-state index in [4.69, 9.17) is 0 Å². The highest BCUT2D eigenvalue weighted by molar-refractivity contribution is 5.39. The zero-order valence-corrected chi connectivity index (χ0v) is 10.9. The van der Waals surface area contributed by atoms with Gasteiger partial charge in [-0.2, -0.15) is 0 Å². The average Bonchev–Trinajstić information content (AvgIpc) is 2.16. The molecule has 0 aromatic heterocycles.